The SMILES string of the molecule is CC(C)NCCCCCCCC(=O)N[C@@H]1CSSC[C@H](C(N)=O)NC(=O)[C@@H](Cc2cccc3ccccc23)NC(=O)[C@H](CC(=O)O)NC(=O)CNC(=O)[C@H](CCCN=C(N)N)NC(=O)CNC1=O. The number of nitrogens with two attached hydrogens (primary N) is 3. The van der Waals surface area contributed by atoms with Gasteiger partial charge in [-0.15, -0.1) is 0 Å². The zero-order valence-electron chi connectivity index (χ0n) is 38.4. The number of aliphatic imine (C=N–C) groups is 1. The van der Waals surface area contributed by atoms with Gasteiger partial charge in [-0.25, -0.2) is 0 Å². The number of primary amides is 1. The highest BCUT2D eigenvalue weighted by Crippen LogP contribution is 2.24. The summed E-state index contributed by atoms with van der Waals surface area (Å²) in [5.41, 5.74) is 17.2. The molecule has 3 rings (SSSR count). The molecule has 1 aliphatic heterocycles. The molecule has 1 saturated heterocycles. The van der Waals surface area contributed by atoms with E-state index in [1.807, 2.05) is 24.3 Å². The number of rotatable bonds is 19. The molecule has 0 saturated carbocycles. The zero-order chi connectivity index (χ0) is 50.0. The minimum Gasteiger partial charge on any atom is -0.481 e. The quantitative estimate of drug-likeness (QED) is 0.0340. The van der Waals surface area contributed by atoms with Crippen LogP contribution in [-0.4, -0.2) is 138 Å². The van der Waals surface area contributed by atoms with E-state index in [0.717, 1.165) is 64.6 Å². The number of hydrogen-bond donors (Lipinski definition) is 12. The summed E-state index contributed by atoms with van der Waals surface area (Å²) in [6, 6.07) is 6.10. The number of unbranched alkanes of at least 4 members (excludes halogenated alkanes) is 4. The Morgan fingerprint density at radius 2 is 1.37 bits per heavy atom. The average Bonchev–Trinajstić information content (AvgIpc) is 3.28. The number of carboxylic acids is 1. The number of hydrogen-bond acceptors (Lipinski definition) is 13. The summed E-state index contributed by atoms with van der Waals surface area (Å²) in [4.78, 5) is 123. The molecule has 0 radical (unpaired) electrons. The molecular weight excluding hydrogens is 921 g/mol. The number of amides is 8. The zero-order valence-corrected chi connectivity index (χ0v) is 40.1. The fourth-order valence-corrected chi connectivity index (χ4v) is 9.22. The van der Waals surface area contributed by atoms with Gasteiger partial charge in [0.1, 0.15) is 30.2 Å². The number of carbonyl (C=O) groups is 9. The van der Waals surface area contributed by atoms with Crippen molar-refractivity contribution in [2.45, 2.75) is 114 Å². The third-order valence-corrected chi connectivity index (χ3v) is 12.8. The van der Waals surface area contributed by atoms with E-state index in [1.54, 1.807) is 18.2 Å². The second-order valence-electron chi connectivity index (χ2n) is 16.4. The summed E-state index contributed by atoms with van der Waals surface area (Å²) < 4.78 is 0. The largest absolute Gasteiger partial charge is 0.481 e. The Labute approximate surface area is 403 Å². The Bertz CT molecular complexity index is 2090. The lowest BCUT2D eigenvalue weighted by molar-refractivity contribution is -0.141. The number of fused-ring (bicyclic) bond motifs is 1. The van der Waals surface area contributed by atoms with Crippen LogP contribution in [0.2, 0.25) is 0 Å². The van der Waals surface area contributed by atoms with Crippen molar-refractivity contribution in [2.24, 2.45) is 22.2 Å². The molecule has 8 amide bonds. The monoisotopic (exact) mass is 986 g/mol. The Hall–Kier alpha value is -6.14. The molecule has 0 bridgehead atoms. The van der Waals surface area contributed by atoms with Crippen LogP contribution in [-0.2, 0) is 49.6 Å². The lowest BCUT2D eigenvalue weighted by atomic mass is 9.98. The van der Waals surface area contributed by atoms with Gasteiger partial charge in [-0.3, -0.25) is 48.1 Å². The van der Waals surface area contributed by atoms with Crippen LogP contribution in [0.25, 0.3) is 10.8 Å². The van der Waals surface area contributed by atoms with E-state index in [0.29, 0.717) is 18.0 Å². The molecule has 0 aliphatic carbocycles. The molecule has 1 fully saturated rings. The highest BCUT2D eigenvalue weighted by atomic mass is 33.1. The molecule has 0 spiro atoms. The molecule has 15 N–H and O–H groups in total. The highest BCUT2D eigenvalue weighted by Gasteiger charge is 2.32. The second kappa shape index (κ2) is 30.3. The summed E-state index contributed by atoms with van der Waals surface area (Å²) in [5, 5.41) is 32.1. The van der Waals surface area contributed by atoms with E-state index in [2.05, 4.69) is 61.4 Å². The lowest BCUT2D eigenvalue weighted by Gasteiger charge is -2.25. The minimum absolute atomic E-state index is 0.0260. The van der Waals surface area contributed by atoms with Crippen LogP contribution in [0.5, 0.6) is 0 Å². The number of carbonyl (C=O) groups excluding carboxylic acids is 8. The Morgan fingerprint density at radius 3 is 2.06 bits per heavy atom. The smallest absolute Gasteiger partial charge is 0.305 e. The number of guanidine groups is 1. The van der Waals surface area contributed by atoms with Gasteiger partial charge < -0.3 is 64.8 Å². The second-order valence-corrected chi connectivity index (χ2v) is 19.0. The van der Waals surface area contributed by atoms with Gasteiger partial charge in [-0.05, 0) is 48.6 Å². The lowest BCUT2D eigenvalue weighted by Crippen LogP contribution is -2.58. The van der Waals surface area contributed by atoms with E-state index in [-0.39, 0.29) is 49.7 Å². The van der Waals surface area contributed by atoms with Gasteiger partial charge in [0.25, 0.3) is 0 Å². The Morgan fingerprint density at radius 1 is 0.735 bits per heavy atom. The molecular formula is C44H66N12O10S2. The van der Waals surface area contributed by atoms with Gasteiger partial charge in [-0.1, -0.05) is 97.2 Å². The predicted molar refractivity (Wildman–Crippen MR) is 260 cm³/mol. The molecule has 0 unspecified atom stereocenters. The van der Waals surface area contributed by atoms with E-state index in [1.165, 1.54) is 0 Å². The van der Waals surface area contributed by atoms with Crippen molar-refractivity contribution < 1.29 is 48.3 Å². The third kappa shape index (κ3) is 21.7. The molecule has 2 aromatic rings. The van der Waals surface area contributed by atoms with Gasteiger partial charge in [0.2, 0.25) is 47.3 Å². The normalized spacial score (nSPS) is 20.7. The van der Waals surface area contributed by atoms with Crippen LogP contribution < -0.4 is 59.7 Å². The van der Waals surface area contributed by atoms with Crippen molar-refractivity contribution in [3.05, 3.63) is 48.0 Å². The first-order valence-electron chi connectivity index (χ1n) is 22.5. The summed E-state index contributed by atoms with van der Waals surface area (Å²) in [5.74, 6) is -8.43. The Balaban J connectivity index is 1.90. The van der Waals surface area contributed by atoms with Gasteiger partial charge >= 0.3 is 5.97 Å². The van der Waals surface area contributed by atoms with Crippen LogP contribution in [0.4, 0.5) is 0 Å². The molecule has 68 heavy (non-hydrogen) atoms. The van der Waals surface area contributed by atoms with Crippen LogP contribution >= 0.6 is 21.6 Å². The molecule has 0 aromatic heterocycles. The molecule has 24 heteroatoms. The van der Waals surface area contributed by atoms with Crippen molar-refractivity contribution in [1.29, 1.82) is 0 Å². The average molecular weight is 987 g/mol. The fourth-order valence-electron chi connectivity index (χ4n) is 6.88. The van der Waals surface area contributed by atoms with Crippen LogP contribution in [0, 0.1) is 0 Å². The first kappa shape index (κ1) is 56.2. The maximum atomic E-state index is 14.1. The summed E-state index contributed by atoms with van der Waals surface area (Å²) in [6.45, 7) is 3.76. The highest BCUT2D eigenvalue weighted by molar-refractivity contribution is 8.76. The number of carboxylic acid groups (broad SMARTS) is 1. The summed E-state index contributed by atoms with van der Waals surface area (Å²) in [6.07, 6.45) is 3.57. The first-order valence-corrected chi connectivity index (χ1v) is 25.0. The van der Waals surface area contributed by atoms with Gasteiger partial charge in [-0.2, -0.15) is 0 Å². The van der Waals surface area contributed by atoms with Crippen LogP contribution in [0.15, 0.2) is 47.5 Å². The maximum absolute atomic E-state index is 14.1. The molecule has 1 aliphatic rings. The summed E-state index contributed by atoms with van der Waals surface area (Å²) in [7, 11) is 2.14. The van der Waals surface area contributed by atoms with E-state index < -0.39 is 103 Å². The maximum Gasteiger partial charge on any atom is 0.305 e. The minimum atomic E-state index is -1.74. The molecule has 5 atom stereocenters. The number of aliphatic carboxylic acids is 1. The van der Waals surface area contributed by atoms with E-state index in [9.17, 15) is 48.3 Å². The van der Waals surface area contributed by atoms with Crippen molar-refractivity contribution in [2.75, 3.05) is 37.7 Å². The van der Waals surface area contributed by atoms with E-state index >= 15 is 0 Å². The molecule has 374 valence electrons. The molecule has 22 nitrogen and oxygen atoms in total. The van der Waals surface area contributed by atoms with Crippen molar-refractivity contribution >= 4 is 91.5 Å². The number of nitrogens with one attached hydrogen (secondary N) is 8. The van der Waals surface area contributed by atoms with Crippen molar-refractivity contribution in [1.82, 2.24) is 42.5 Å². The molecule has 1 heterocycles. The van der Waals surface area contributed by atoms with Crippen molar-refractivity contribution in [3.8, 4) is 0 Å². The van der Waals surface area contributed by atoms with Gasteiger partial charge in [0, 0.05) is 36.9 Å². The topological polar surface area (TPSA) is 361 Å². The van der Waals surface area contributed by atoms with Gasteiger partial charge in [0.05, 0.1) is 19.5 Å². The van der Waals surface area contributed by atoms with Crippen molar-refractivity contribution in [3.63, 3.8) is 0 Å². The van der Waals surface area contributed by atoms with E-state index in [4.69, 9.17) is 17.2 Å². The first-order chi connectivity index (χ1) is 32.4. The fraction of sp³-hybridized carbons (Fsp3) is 0.545. The summed E-state index contributed by atoms with van der Waals surface area (Å²) >= 11 is 0. The van der Waals surface area contributed by atoms with Crippen LogP contribution in [0.3, 0.4) is 0 Å². The van der Waals surface area contributed by atoms with Gasteiger partial charge in [0.15, 0.2) is 5.96 Å². The third-order valence-electron chi connectivity index (χ3n) is 10.4. The molecule has 2 aromatic carbocycles. The van der Waals surface area contributed by atoms with Crippen LogP contribution in [0.1, 0.15) is 77.2 Å². The number of benzene rings is 2. The Kier molecular flexibility index (Phi) is 25.0. The number of nitrogens with zero attached hydrogens (tertiary/aromatic N) is 1. The predicted octanol–water partition coefficient (Wildman–Crippen LogP) is -1.21. The standard InChI is InChI=1S/C44H66N12O10S2/c1-26(2)48-18-9-5-3-4-6-17-35(57)54-34-25-68-67-24-33(39(45)62)56-42(65)31(20-28-14-10-13-27-12-7-8-15-29(27)28)55-43(66)32(21-38(60)61)53-37(59)23-50-40(63)30(16-11-19-49-44(46)47)52-36(58)22-51-41(34)64/h7-8,10,12-15,26,30-34,48H,3-6,9,11,16-25H2,1-2H3,(H2,45,62)(H,50,63)(H,51,64)(H,52,58)(H,53,59)(H,54,57)(H,55,66)(H,56,65)(H,60,61)(H4,46,47,49)/t30-,31+,32-,33+,34+/m0/s1.